The third kappa shape index (κ3) is 4.12. The second-order valence-corrected chi connectivity index (χ2v) is 9.27. The lowest BCUT2D eigenvalue weighted by atomic mass is 9.72. The lowest BCUT2D eigenvalue weighted by molar-refractivity contribution is 0.0526. The van der Waals surface area contributed by atoms with Gasteiger partial charge in [-0.05, 0) is 55.2 Å². The van der Waals surface area contributed by atoms with Gasteiger partial charge in [-0.1, -0.05) is 32.9 Å². The van der Waals surface area contributed by atoms with Crippen LogP contribution < -0.4 is 5.32 Å². The summed E-state index contributed by atoms with van der Waals surface area (Å²) in [5.74, 6) is -1.08. The van der Waals surface area contributed by atoms with Gasteiger partial charge in [0, 0.05) is 4.88 Å². The molecule has 0 bridgehead atoms. The van der Waals surface area contributed by atoms with Crippen molar-refractivity contribution in [2.75, 3.05) is 11.9 Å². The molecule has 0 radical (unpaired) electrons. The lowest BCUT2D eigenvalue weighted by Crippen LogP contribution is -2.26. The van der Waals surface area contributed by atoms with E-state index in [1.807, 2.05) is 0 Å². The van der Waals surface area contributed by atoms with Crippen molar-refractivity contribution < 1.29 is 18.7 Å². The summed E-state index contributed by atoms with van der Waals surface area (Å²) >= 11 is 1.41. The van der Waals surface area contributed by atoms with Crippen molar-refractivity contribution in [2.45, 2.75) is 47.0 Å². The summed E-state index contributed by atoms with van der Waals surface area (Å²) in [6.07, 6.45) is 2.63. The fraction of sp³-hybridized carbons (Fsp3) is 0.455. The predicted octanol–water partition coefficient (Wildman–Crippen LogP) is 5.47. The number of ether oxygens (including phenoxy) is 1. The molecule has 1 aliphatic rings. The second kappa shape index (κ2) is 8.03. The highest BCUT2D eigenvalue weighted by Crippen LogP contribution is 2.44. The van der Waals surface area contributed by atoms with E-state index in [1.165, 1.54) is 29.5 Å². The number of anilines is 1. The van der Waals surface area contributed by atoms with Gasteiger partial charge in [0.25, 0.3) is 5.91 Å². The second-order valence-electron chi connectivity index (χ2n) is 8.17. The van der Waals surface area contributed by atoms with Crippen molar-refractivity contribution in [1.82, 2.24) is 0 Å². The minimum atomic E-state index is -0.591. The van der Waals surface area contributed by atoms with E-state index in [-0.39, 0.29) is 17.6 Å². The molecule has 1 aromatic heterocycles. The van der Waals surface area contributed by atoms with Crippen LogP contribution in [0.4, 0.5) is 9.39 Å². The summed E-state index contributed by atoms with van der Waals surface area (Å²) in [5.41, 5.74) is 1.52. The maximum Gasteiger partial charge on any atom is 0.341 e. The zero-order valence-electron chi connectivity index (χ0n) is 16.7. The van der Waals surface area contributed by atoms with E-state index in [9.17, 15) is 14.0 Å². The number of rotatable bonds is 4. The number of hydrogen-bond acceptors (Lipinski definition) is 4. The van der Waals surface area contributed by atoms with Crippen molar-refractivity contribution >= 4 is 28.2 Å². The quantitative estimate of drug-likeness (QED) is 0.689. The van der Waals surface area contributed by atoms with Gasteiger partial charge in [-0.2, -0.15) is 0 Å². The Morgan fingerprint density at radius 3 is 2.64 bits per heavy atom. The first kappa shape index (κ1) is 20.5. The van der Waals surface area contributed by atoms with E-state index in [4.69, 9.17) is 4.74 Å². The van der Waals surface area contributed by atoms with E-state index in [1.54, 1.807) is 13.0 Å². The molecule has 0 spiro atoms. The van der Waals surface area contributed by atoms with Gasteiger partial charge >= 0.3 is 5.97 Å². The topological polar surface area (TPSA) is 55.4 Å². The first-order valence-electron chi connectivity index (χ1n) is 9.60. The van der Waals surface area contributed by atoms with E-state index >= 15 is 0 Å². The van der Waals surface area contributed by atoms with Gasteiger partial charge < -0.3 is 10.1 Å². The largest absolute Gasteiger partial charge is 0.462 e. The van der Waals surface area contributed by atoms with Crippen LogP contribution in [0.25, 0.3) is 0 Å². The van der Waals surface area contributed by atoms with Crippen LogP contribution in [0.2, 0.25) is 0 Å². The normalized spacial score (nSPS) is 16.4. The first-order chi connectivity index (χ1) is 13.2. The lowest BCUT2D eigenvalue weighted by Gasteiger charge is -2.33. The van der Waals surface area contributed by atoms with Gasteiger partial charge in [0.15, 0.2) is 0 Å². The van der Waals surface area contributed by atoms with Crippen LogP contribution in [0.1, 0.15) is 65.3 Å². The molecule has 1 aromatic carbocycles. The molecule has 1 N–H and O–H groups in total. The molecule has 1 aliphatic carbocycles. The number of benzene rings is 1. The fourth-order valence-electron chi connectivity index (χ4n) is 3.65. The zero-order valence-corrected chi connectivity index (χ0v) is 17.5. The zero-order chi connectivity index (χ0) is 20.5. The third-order valence-electron chi connectivity index (χ3n) is 5.32. The fourth-order valence-corrected chi connectivity index (χ4v) is 4.96. The van der Waals surface area contributed by atoms with Crippen molar-refractivity contribution in [1.29, 1.82) is 0 Å². The van der Waals surface area contributed by atoms with Crippen LogP contribution in [-0.2, 0) is 17.6 Å². The van der Waals surface area contributed by atoms with Crippen LogP contribution >= 0.6 is 11.3 Å². The Morgan fingerprint density at radius 1 is 1.29 bits per heavy atom. The summed E-state index contributed by atoms with van der Waals surface area (Å²) in [4.78, 5) is 26.3. The molecular formula is C22H26FNO3S. The highest BCUT2D eigenvalue weighted by molar-refractivity contribution is 7.17. The molecule has 0 aliphatic heterocycles. The highest BCUT2D eigenvalue weighted by Gasteiger charge is 2.34. The van der Waals surface area contributed by atoms with Gasteiger partial charge in [0.1, 0.15) is 10.8 Å². The van der Waals surface area contributed by atoms with Crippen LogP contribution in [0.5, 0.6) is 0 Å². The Hall–Kier alpha value is -2.21. The van der Waals surface area contributed by atoms with E-state index in [0.717, 1.165) is 29.7 Å². The van der Waals surface area contributed by atoms with Crippen molar-refractivity contribution in [3.8, 4) is 0 Å². The Kier molecular flexibility index (Phi) is 5.89. The molecule has 0 saturated heterocycles. The standard InChI is InChI=1S/C22H26FNO3S/c1-5-27-21(26)18-15-11-10-13(22(2,3)4)12-17(15)28-20(18)24-19(25)14-8-6-7-9-16(14)23/h6-9,13H,5,10-12H2,1-4H3,(H,24,25). The van der Waals surface area contributed by atoms with Gasteiger partial charge in [0.05, 0.1) is 17.7 Å². The number of halogens is 1. The summed E-state index contributed by atoms with van der Waals surface area (Å²) in [6, 6.07) is 5.82. The average Bonchev–Trinajstić information content (AvgIpc) is 2.98. The number of hydrogen-bond donors (Lipinski definition) is 1. The van der Waals surface area contributed by atoms with Gasteiger partial charge in [-0.15, -0.1) is 11.3 Å². The number of carbonyl (C=O) groups is 2. The first-order valence-corrected chi connectivity index (χ1v) is 10.4. The summed E-state index contributed by atoms with van der Waals surface area (Å²) in [6.45, 7) is 8.69. The van der Waals surface area contributed by atoms with Gasteiger partial charge in [-0.3, -0.25) is 4.79 Å². The molecule has 0 fully saturated rings. The van der Waals surface area contributed by atoms with E-state index in [2.05, 4.69) is 26.1 Å². The summed E-state index contributed by atoms with van der Waals surface area (Å²) in [5, 5.41) is 3.21. The molecule has 28 heavy (non-hydrogen) atoms. The molecule has 6 heteroatoms. The molecule has 1 amide bonds. The Labute approximate surface area is 169 Å². The SMILES string of the molecule is CCOC(=O)c1c(NC(=O)c2ccccc2F)sc2c1CCC(C(C)(C)C)C2. The minimum Gasteiger partial charge on any atom is -0.462 e. The third-order valence-corrected chi connectivity index (χ3v) is 6.48. The average molecular weight is 404 g/mol. The van der Waals surface area contributed by atoms with Crippen LogP contribution in [0.15, 0.2) is 24.3 Å². The number of carbonyl (C=O) groups excluding carboxylic acids is 2. The molecule has 1 atom stereocenters. The number of amides is 1. The minimum absolute atomic E-state index is 0.0451. The molecule has 1 unspecified atom stereocenters. The Balaban J connectivity index is 1.96. The number of fused-ring (bicyclic) bond motifs is 1. The number of thiophene rings is 1. The van der Waals surface area contributed by atoms with Gasteiger partial charge in [0.2, 0.25) is 0 Å². The van der Waals surface area contributed by atoms with Gasteiger partial charge in [-0.25, -0.2) is 9.18 Å². The van der Waals surface area contributed by atoms with Crippen molar-refractivity contribution in [2.24, 2.45) is 11.3 Å². The Bertz CT molecular complexity index is 898. The smallest absolute Gasteiger partial charge is 0.341 e. The molecule has 150 valence electrons. The van der Waals surface area contributed by atoms with E-state index < -0.39 is 17.7 Å². The molecule has 3 rings (SSSR count). The maximum absolute atomic E-state index is 14.0. The number of nitrogens with one attached hydrogen (secondary N) is 1. The monoisotopic (exact) mass is 403 g/mol. The number of esters is 1. The molecule has 0 saturated carbocycles. The molecule has 2 aromatic rings. The van der Waals surface area contributed by atoms with Crippen LogP contribution in [-0.4, -0.2) is 18.5 Å². The molecule has 4 nitrogen and oxygen atoms in total. The summed E-state index contributed by atoms with van der Waals surface area (Å²) < 4.78 is 19.2. The molecular weight excluding hydrogens is 377 g/mol. The Morgan fingerprint density at radius 2 is 2.00 bits per heavy atom. The predicted molar refractivity (Wildman–Crippen MR) is 110 cm³/mol. The summed E-state index contributed by atoms with van der Waals surface area (Å²) in [7, 11) is 0. The van der Waals surface area contributed by atoms with Crippen molar-refractivity contribution in [3.63, 3.8) is 0 Å². The maximum atomic E-state index is 14.0. The van der Waals surface area contributed by atoms with Crippen molar-refractivity contribution in [3.05, 3.63) is 51.7 Å². The van der Waals surface area contributed by atoms with Crippen LogP contribution in [0.3, 0.4) is 0 Å². The van der Waals surface area contributed by atoms with E-state index in [0.29, 0.717) is 16.5 Å². The highest BCUT2D eigenvalue weighted by atomic mass is 32.1. The molecule has 1 heterocycles. The van der Waals surface area contributed by atoms with Crippen LogP contribution in [0, 0.1) is 17.2 Å².